The number of amides is 1. The molecule has 1 aliphatic rings. The van der Waals surface area contributed by atoms with Gasteiger partial charge in [-0.2, -0.15) is 5.10 Å². The highest BCUT2D eigenvalue weighted by Gasteiger charge is 2.26. The molecule has 0 aromatic carbocycles. The van der Waals surface area contributed by atoms with E-state index >= 15 is 0 Å². The van der Waals surface area contributed by atoms with Crippen molar-refractivity contribution in [2.75, 3.05) is 19.6 Å². The molecule has 6 nitrogen and oxygen atoms in total. The van der Waals surface area contributed by atoms with Crippen molar-refractivity contribution >= 4 is 18.3 Å². The average molecular weight is 386 g/mol. The number of halogens is 1. The van der Waals surface area contributed by atoms with Crippen LogP contribution in [0.5, 0.6) is 0 Å². The summed E-state index contributed by atoms with van der Waals surface area (Å²) in [6, 6.07) is 0.396. The number of piperidine rings is 1. The Balaban J connectivity index is 0.00000338. The molecule has 0 bridgehead atoms. The van der Waals surface area contributed by atoms with Crippen molar-refractivity contribution in [3.8, 4) is 0 Å². The van der Waals surface area contributed by atoms with Crippen molar-refractivity contribution in [2.24, 2.45) is 5.73 Å². The Bertz CT molecular complexity index is 593. The van der Waals surface area contributed by atoms with E-state index in [1.165, 1.54) is 24.1 Å². The van der Waals surface area contributed by atoms with E-state index in [9.17, 15) is 4.79 Å². The van der Waals surface area contributed by atoms with Crippen LogP contribution in [0.15, 0.2) is 0 Å². The monoisotopic (exact) mass is 385 g/mol. The molecule has 1 unspecified atom stereocenters. The summed E-state index contributed by atoms with van der Waals surface area (Å²) in [5.41, 5.74) is 9.14. The predicted octanol–water partition coefficient (Wildman–Crippen LogP) is 2.50. The van der Waals surface area contributed by atoms with Crippen LogP contribution in [0.2, 0.25) is 0 Å². The van der Waals surface area contributed by atoms with Gasteiger partial charge in [-0.15, -0.1) is 12.4 Å². The molecule has 150 valence electrons. The van der Waals surface area contributed by atoms with E-state index in [0.29, 0.717) is 25.6 Å². The third-order valence-corrected chi connectivity index (χ3v) is 5.09. The zero-order valence-electron chi connectivity index (χ0n) is 17.0. The summed E-state index contributed by atoms with van der Waals surface area (Å²) in [5.74, 6) is 0.0564. The Hall–Kier alpha value is -1.11. The average Bonchev–Trinajstić information content (AvgIpc) is 2.82. The molecule has 2 heterocycles. The first-order valence-corrected chi connectivity index (χ1v) is 9.50. The topological polar surface area (TPSA) is 76.2 Å². The number of rotatable bonds is 6. The van der Waals surface area contributed by atoms with E-state index in [1.54, 1.807) is 0 Å². The molecular formula is C19H36ClN5O. The number of aryl methyl sites for hydroxylation is 1. The van der Waals surface area contributed by atoms with Gasteiger partial charge in [-0.3, -0.25) is 14.4 Å². The minimum Gasteiger partial charge on any atom is -0.354 e. The second-order valence-electron chi connectivity index (χ2n) is 8.19. The fraction of sp³-hybridized carbons (Fsp3) is 0.789. The number of nitrogens with one attached hydrogen (secondary N) is 1. The molecule has 0 saturated carbocycles. The number of aromatic nitrogens is 2. The van der Waals surface area contributed by atoms with E-state index < -0.39 is 0 Å². The van der Waals surface area contributed by atoms with Gasteiger partial charge in [0.15, 0.2) is 0 Å². The Morgan fingerprint density at radius 1 is 1.31 bits per heavy atom. The summed E-state index contributed by atoms with van der Waals surface area (Å²) in [5, 5.41) is 7.82. The van der Waals surface area contributed by atoms with Gasteiger partial charge in [-0.05, 0) is 54.0 Å². The number of hydrogen-bond donors (Lipinski definition) is 2. The number of carbonyl (C=O) groups is 1. The largest absolute Gasteiger partial charge is 0.354 e. The molecule has 3 N–H and O–H groups in total. The maximum absolute atomic E-state index is 11.7. The van der Waals surface area contributed by atoms with Gasteiger partial charge >= 0.3 is 0 Å². The molecule has 1 amide bonds. The zero-order chi connectivity index (χ0) is 18.6. The summed E-state index contributed by atoms with van der Waals surface area (Å²) < 4.78 is 2.14. The summed E-state index contributed by atoms with van der Waals surface area (Å²) in [6.45, 7) is 13.9. The lowest BCUT2D eigenvalue weighted by Crippen LogP contribution is -2.46. The van der Waals surface area contributed by atoms with Crippen molar-refractivity contribution in [1.29, 1.82) is 0 Å². The first-order chi connectivity index (χ1) is 11.7. The first-order valence-electron chi connectivity index (χ1n) is 9.50. The molecular weight excluding hydrogens is 350 g/mol. The Morgan fingerprint density at radius 2 is 2.00 bits per heavy atom. The fourth-order valence-corrected chi connectivity index (χ4v) is 3.71. The minimum absolute atomic E-state index is 0. The highest BCUT2D eigenvalue weighted by molar-refractivity contribution is 5.85. The van der Waals surface area contributed by atoms with Gasteiger partial charge in [0.05, 0.1) is 11.2 Å². The molecule has 0 spiro atoms. The van der Waals surface area contributed by atoms with Crippen LogP contribution < -0.4 is 11.1 Å². The van der Waals surface area contributed by atoms with Crippen molar-refractivity contribution in [2.45, 2.75) is 78.4 Å². The molecule has 1 aromatic heterocycles. The smallest absolute Gasteiger partial charge is 0.221 e. The van der Waals surface area contributed by atoms with Crippen LogP contribution in [-0.4, -0.2) is 46.3 Å². The summed E-state index contributed by atoms with van der Waals surface area (Å²) in [4.78, 5) is 14.3. The van der Waals surface area contributed by atoms with Crippen LogP contribution in [0.4, 0.5) is 0 Å². The number of carbonyl (C=O) groups excluding carboxylic acids is 1. The molecule has 26 heavy (non-hydrogen) atoms. The number of likely N-dealkylation sites (tertiary alicyclic amines) is 1. The number of nitrogens with zero attached hydrogens (tertiary/aromatic N) is 3. The Kier molecular flexibility index (Phi) is 8.57. The zero-order valence-corrected chi connectivity index (χ0v) is 17.8. The van der Waals surface area contributed by atoms with E-state index in [2.05, 4.69) is 49.5 Å². The third-order valence-electron chi connectivity index (χ3n) is 5.09. The van der Waals surface area contributed by atoms with E-state index in [1.807, 2.05) is 0 Å². The summed E-state index contributed by atoms with van der Waals surface area (Å²) in [7, 11) is 0. The van der Waals surface area contributed by atoms with Gasteiger partial charge < -0.3 is 11.1 Å². The fourth-order valence-electron chi connectivity index (χ4n) is 3.71. The Labute approximate surface area is 164 Å². The molecule has 1 saturated heterocycles. The molecule has 1 atom stereocenters. The van der Waals surface area contributed by atoms with Crippen LogP contribution >= 0.6 is 12.4 Å². The van der Waals surface area contributed by atoms with E-state index in [4.69, 9.17) is 10.8 Å². The third kappa shape index (κ3) is 5.69. The first kappa shape index (κ1) is 22.9. The second kappa shape index (κ2) is 9.72. The van der Waals surface area contributed by atoms with Gasteiger partial charge in [0.25, 0.3) is 0 Å². The van der Waals surface area contributed by atoms with E-state index in [-0.39, 0.29) is 23.9 Å². The molecule has 0 radical (unpaired) electrons. The van der Waals surface area contributed by atoms with Gasteiger partial charge in [-0.25, -0.2) is 0 Å². The maximum atomic E-state index is 11.7. The van der Waals surface area contributed by atoms with Crippen molar-refractivity contribution < 1.29 is 4.79 Å². The molecule has 0 aliphatic carbocycles. The molecule has 7 heteroatoms. The van der Waals surface area contributed by atoms with E-state index in [0.717, 1.165) is 25.2 Å². The molecule has 1 aliphatic heterocycles. The predicted molar refractivity (Wildman–Crippen MR) is 109 cm³/mol. The van der Waals surface area contributed by atoms with Crippen molar-refractivity contribution in [3.05, 3.63) is 17.0 Å². The quantitative estimate of drug-likeness (QED) is 0.788. The van der Waals surface area contributed by atoms with Gasteiger partial charge in [-0.1, -0.05) is 6.42 Å². The lowest BCUT2D eigenvalue weighted by atomic mass is 10.0. The highest BCUT2D eigenvalue weighted by atomic mass is 35.5. The van der Waals surface area contributed by atoms with Gasteiger partial charge in [0.2, 0.25) is 5.91 Å². The number of nitrogens with two attached hydrogens (primary N) is 1. The minimum atomic E-state index is -0.00933. The van der Waals surface area contributed by atoms with Crippen LogP contribution in [0, 0.1) is 13.8 Å². The normalized spacial score (nSPS) is 18.5. The number of hydrogen-bond acceptors (Lipinski definition) is 4. The lowest BCUT2D eigenvalue weighted by Gasteiger charge is -2.36. The maximum Gasteiger partial charge on any atom is 0.221 e. The van der Waals surface area contributed by atoms with Gasteiger partial charge in [0, 0.05) is 43.4 Å². The summed E-state index contributed by atoms with van der Waals surface area (Å²) >= 11 is 0. The molecule has 1 aromatic rings. The second-order valence-corrected chi connectivity index (χ2v) is 8.19. The highest BCUT2D eigenvalue weighted by Crippen LogP contribution is 2.25. The van der Waals surface area contributed by atoms with Crippen LogP contribution in [0.3, 0.4) is 0 Å². The SMILES string of the molecule is Cc1nn(C(C)(C)C)c(C)c1CN1CCCCC1CNC(=O)CCN.Cl. The summed E-state index contributed by atoms with van der Waals surface area (Å²) in [6.07, 6.45) is 3.99. The van der Waals surface area contributed by atoms with Crippen LogP contribution in [-0.2, 0) is 16.9 Å². The van der Waals surface area contributed by atoms with Gasteiger partial charge in [0.1, 0.15) is 0 Å². The Morgan fingerprint density at radius 3 is 2.58 bits per heavy atom. The molecule has 1 fully saturated rings. The van der Waals surface area contributed by atoms with Crippen molar-refractivity contribution in [3.63, 3.8) is 0 Å². The van der Waals surface area contributed by atoms with Crippen LogP contribution in [0.25, 0.3) is 0 Å². The van der Waals surface area contributed by atoms with Crippen LogP contribution in [0.1, 0.15) is 63.4 Å². The standard InChI is InChI=1S/C19H35N5O.ClH/c1-14-17(15(2)24(22-14)19(3,4)5)13-23-11-7-6-8-16(23)12-21-18(25)9-10-20;/h16H,6-13,20H2,1-5H3,(H,21,25);1H. The van der Waals surface area contributed by atoms with Crippen molar-refractivity contribution in [1.82, 2.24) is 20.0 Å². The molecule has 2 rings (SSSR count). The lowest BCUT2D eigenvalue weighted by molar-refractivity contribution is -0.121.